The van der Waals surface area contributed by atoms with E-state index >= 15 is 0 Å². The average molecular weight is 570 g/mol. The topological polar surface area (TPSA) is 103 Å². The zero-order valence-electron chi connectivity index (χ0n) is 22.2. The molecule has 1 aliphatic rings. The third-order valence-electron chi connectivity index (χ3n) is 6.34. The lowest BCUT2D eigenvalue weighted by Crippen LogP contribution is -2.40. The quantitative estimate of drug-likeness (QED) is 0.298. The lowest BCUT2D eigenvalue weighted by atomic mass is 9.93. The summed E-state index contributed by atoms with van der Waals surface area (Å²) in [5.41, 5.74) is 2.06. The minimum atomic E-state index is -0.903. The number of esters is 1. The van der Waals surface area contributed by atoms with Crippen molar-refractivity contribution < 1.29 is 23.4 Å². The van der Waals surface area contributed by atoms with Gasteiger partial charge in [0.25, 0.3) is 5.56 Å². The maximum atomic E-state index is 13.9. The first-order valence-corrected chi connectivity index (χ1v) is 13.5. The maximum Gasteiger partial charge on any atom is 0.338 e. The number of thiazole rings is 1. The number of nitriles is 1. The lowest BCUT2D eigenvalue weighted by Gasteiger charge is -2.25. The molecule has 8 nitrogen and oxygen atoms in total. The Morgan fingerprint density at radius 3 is 2.56 bits per heavy atom. The number of nitrogens with zero attached hydrogens (tertiary/aromatic N) is 3. The number of aromatic nitrogens is 1. The summed E-state index contributed by atoms with van der Waals surface area (Å²) in [6.45, 7) is 1.69. The van der Waals surface area contributed by atoms with E-state index in [1.807, 2.05) is 36.4 Å². The highest BCUT2D eigenvalue weighted by Gasteiger charge is 2.35. The predicted molar refractivity (Wildman–Crippen MR) is 152 cm³/mol. The van der Waals surface area contributed by atoms with Crippen molar-refractivity contribution in [3.63, 3.8) is 0 Å². The van der Waals surface area contributed by atoms with Gasteiger partial charge in [-0.05, 0) is 48.4 Å². The Bertz CT molecular complexity index is 1850. The second-order valence-electron chi connectivity index (χ2n) is 8.84. The summed E-state index contributed by atoms with van der Waals surface area (Å²) in [6, 6.07) is 21.0. The van der Waals surface area contributed by atoms with E-state index in [0.717, 1.165) is 0 Å². The smallest absolute Gasteiger partial charge is 0.338 e. The molecule has 41 heavy (non-hydrogen) atoms. The molecular formula is C31H24FN3O5S. The van der Waals surface area contributed by atoms with Crippen LogP contribution in [0.2, 0.25) is 0 Å². The number of fused-ring (bicyclic) bond motifs is 1. The largest absolute Gasteiger partial charge is 0.493 e. The molecule has 0 unspecified atom stereocenters. The summed E-state index contributed by atoms with van der Waals surface area (Å²) in [4.78, 5) is 32.6. The van der Waals surface area contributed by atoms with Gasteiger partial charge in [0.2, 0.25) is 0 Å². The van der Waals surface area contributed by atoms with Crippen LogP contribution in [0.5, 0.6) is 11.5 Å². The molecule has 0 saturated heterocycles. The normalized spacial score (nSPS) is 14.6. The van der Waals surface area contributed by atoms with Crippen molar-refractivity contribution in [1.82, 2.24) is 4.57 Å². The van der Waals surface area contributed by atoms with Gasteiger partial charge in [0.15, 0.2) is 22.9 Å². The molecule has 2 heterocycles. The second kappa shape index (κ2) is 12.0. The fourth-order valence-electron chi connectivity index (χ4n) is 4.56. The molecule has 0 fully saturated rings. The van der Waals surface area contributed by atoms with Crippen molar-refractivity contribution in [3.8, 4) is 17.6 Å². The van der Waals surface area contributed by atoms with Gasteiger partial charge < -0.3 is 14.2 Å². The standard InChI is InChI=1S/C31H24FN3O5S/c1-3-39-30(37)26-27(20-7-5-4-6-8-20)34-31-35(28(26)21-10-12-22(32)13-11-21)29(36)25(41-31)18-19-9-14-23(40-16-15-33)24(17-19)38-2/h4-14,17-18,28H,3,16H2,1-2H3/t28-/m0/s1. The van der Waals surface area contributed by atoms with Crippen LogP contribution in [0.15, 0.2) is 88.2 Å². The molecule has 206 valence electrons. The van der Waals surface area contributed by atoms with Crippen LogP contribution in [-0.4, -0.2) is 30.9 Å². The van der Waals surface area contributed by atoms with Crippen LogP contribution < -0.4 is 24.4 Å². The molecule has 0 aliphatic carbocycles. The number of benzene rings is 3. The molecule has 0 bridgehead atoms. The fourth-order valence-corrected chi connectivity index (χ4v) is 5.56. The fraction of sp³-hybridized carbons (Fsp3) is 0.161. The first kappa shape index (κ1) is 27.6. The van der Waals surface area contributed by atoms with E-state index in [1.165, 1.54) is 35.1 Å². The second-order valence-corrected chi connectivity index (χ2v) is 9.85. The van der Waals surface area contributed by atoms with E-state index in [0.29, 0.717) is 43.2 Å². The van der Waals surface area contributed by atoms with Gasteiger partial charge in [-0.15, -0.1) is 0 Å². The first-order valence-electron chi connectivity index (χ1n) is 12.7. The van der Waals surface area contributed by atoms with Crippen molar-refractivity contribution >= 4 is 29.1 Å². The van der Waals surface area contributed by atoms with E-state index in [1.54, 1.807) is 43.3 Å². The third-order valence-corrected chi connectivity index (χ3v) is 7.32. The van der Waals surface area contributed by atoms with Crippen LogP contribution in [0, 0.1) is 17.1 Å². The number of ether oxygens (including phenoxy) is 3. The summed E-state index contributed by atoms with van der Waals surface area (Å²) in [6.07, 6.45) is 1.69. The summed E-state index contributed by atoms with van der Waals surface area (Å²) < 4.78 is 32.0. The lowest BCUT2D eigenvalue weighted by molar-refractivity contribution is -0.138. The number of hydrogen-bond acceptors (Lipinski definition) is 8. The van der Waals surface area contributed by atoms with E-state index in [9.17, 15) is 14.0 Å². The zero-order chi connectivity index (χ0) is 28.9. The molecule has 1 aliphatic heterocycles. The molecule has 1 atom stereocenters. The molecule has 0 amide bonds. The number of carbonyl (C=O) groups excluding carboxylic acids is 1. The van der Waals surface area contributed by atoms with Gasteiger partial charge in [-0.2, -0.15) is 5.26 Å². The molecule has 0 spiro atoms. The Kier molecular flexibility index (Phi) is 8.08. The monoisotopic (exact) mass is 569 g/mol. The molecule has 10 heteroatoms. The molecule has 0 radical (unpaired) electrons. The number of methoxy groups -OCH3 is 1. The molecule has 1 aromatic heterocycles. The van der Waals surface area contributed by atoms with E-state index < -0.39 is 17.8 Å². The van der Waals surface area contributed by atoms with Crippen LogP contribution in [0.4, 0.5) is 4.39 Å². The van der Waals surface area contributed by atoms with Crippen LogP contribution in [0.25, 0.3) is 11.8 Å². The van der Waals surface area contributed by atoms with Crippen molar-refractivity contribution in [1.29, 1.82) is 5.26 Å². The van der Waals surface area contributed by atoms with Crippen LogP contribution in [0.3, 0.4) is 0 Å². The maximum absolute atomic E-state index is 13.9. The minimum Gasteiger partial charge on any atom is -0.493 e. The Morgan fingerprint density at radius 2 is 1.88 bits per heavy atom. The van der Waals surface area contributed by atoms with Crippen molar-refractivity contribution in [3.05, 3.63) is 121 Å². The third kappa shape index (κ3) is 5.53. The van der Waals surface area contributed by atoms with Gasteiger partial charge in [-0.1, -0.05) is 59.9 Å². The van der Waals surface area contributed by atoms with Gasteiger partial charge >= 0.3 is 5.97 Å². The van der Waals surface area contributed by atoms with Gasteiger partial charge in [0.05, 0.1) is 35.6 Å². The molecule has 0 saturated carbocycles. The van der Waals surface area contributed by atoms with Crippen LogP contribution in [-0.2, 0) is 9.53 Å². The van der Waals surface area contributed by atoms with E-state index in [2.05, 4.69) is 0 Å². The first-order chi connectivity index (χ1) is 19.9. The molecule has 5 rings (SSSR count). The van der Waals surface area contributed by atoms with E-state index in [4.69, 9.17) is 24.5 Å². The molecule has 3 aromatic carbocycles. The SMILES string of the molecule is CCOC(=O)C1=C(c2ccccc2)N=c2sc(=Cc3ccc(OCC#N)c(OC)c3)c(=O)n2[C@H]1c1ccc(F)cc1. The van der Waals surface area contributed by atoms with Crippen molar-refractivity contribution in [2.24, 2.45) is 4.99 Å². The Labute approximate surface area is 238 Å². The number of carbonyl (C=O) groups is 1. The number of hydrogen-bond donors (Lipinski definition) is 0. The Hall–Kier alpha value is -5.01. The highest BCUT2D eigenvalue weighted by atomic mass is 32.1. The zero-order valence-corrected chi connectivity index (χ0v) is 23.0. The van der Waals surface area contributed by atoms with Crippen LogP contribution >= 0.6 is 11.3 Å². The molecule has 0 N–H and O–H groups in total. The number of rotatable bonds is 8. The van der Waals surface area contributed by atoms with E-state index in [-0.39, 0.29) is 24.3 Å². The van der Waals surface area contributed by atoms with Gasteiger partial charge in [-0.3, -0.25) is 9.36 Å². The van der Waals surface area contributed by atoms with Gasteiger partial charge in [0.1, 0.15) is 11.9 Å². The summed E-state index contributed by atoms with van der Waals surface area (Å²) in [5, 5.41) is 8.83. The highest BCUT2D eigenvalue weighted by molar-refractivity contribution is 7.07. The van der Waals surface area contributed by atoms with Crippen molar-refractivity contribution in [2.45, 2.75) is 13.0 Å². The summed E-state index contributed by atoms with van der Waals surface area (Å²) >= 11 is 1.17. The van der Waals surface area contributed by atoms with Gasteiger partial charge in [-0.25, -0.2) is 14.2 Å². The average Bonchev–Trinajstić information content (AvgIpc) is 3.30. The summed E-state index contributed by atoms with van der Waals surface area (Å²) in [7, 11) is 1.48. The minimum absolute atomic E-state index is 0.126. The highest BCUT2D eigenvalue weighted by Crippen LogP contribution is 2.35. The molecule has 4 aromatic rings. The van der Waals surface area contributed by atoms with Crippen LogP contribution in [0.1, 0.15) is 29.7 Å². The number of halogens is 1. The molecular weight excluding hydrogens is 545 g/mol. The Balaban J connectivity index is 1.75. The Morgan fingerprint density at radius 1 is 1.12 bits per heavy atom. The summed E-state index contributed by atoms with van der Waals surface area (Å²) in [5.74, 6) is -0.254. The predicted octanol–water partition coefficient (Wildman–Crippen LogP) is 3.99. The van der Waals surface area contributed by atoms with Crippen molar-refractivity contribution in [2.75, 3.05) is 20.3 Å². The van der Waals surface area contributed by atoms with Gasteiger partial charge in [0, 0.05) is 5.56 Å².